The Hall–Kier alpha value is -2.31. The van der Waals surface area contributed by atoms with Crippen molar-refractivity contribution < 1.29 is 9.53 Å². The third kappa shape index (κ3) is 4.08. The van der Waals surface area contributed by atoms with Gasteiger partial charge >= 0.3 is 6.03 Å². The topological polar surface area (TPSA) is 44.8 Å². The lowest BCUT2D eigenvalue weighted by molar-refractivity contribution is 0.0496. The molecule has 0 spiro atoms. The van der Waals surface area contributed by atoms with Gasteiger partial charge in [0.1, 0.15) is 5.75 Å². The third-order valence-corrected chi connectivity index (χ3v) is 6.06. The van der Waals surface area contributed by atoms with Gasteiger partial charge < -0.3 is 15.0 Å². The Morgan fingerprint density at radius 1 is 1.04 bits per heavy atom. The first-order valence-corrected chi connectivity index (χ1v) is 10.3. The Labute approximate surface area is 174 Å². The summed E-state index contributed by atoms with van der Waals surface area (Å²) in [5, 5.41) is 3.01. The van der Waals surface area contributed by atoms with E-state index in [1.807, 2.05) is 29.2 Å². The SMILES string of the molecule is COc1ccc(NC(=O)N2C/C=C\CN3C[C@H](c4ccc(Br)cc4)[C@@H]3C2)cc1. The number of halogens is 1. The number of methoxy groups -OCH3 is 1. The highest BCUT2D eigenvalue weighted by Gasteiger charge is 2.41. The molecule has 1 saturated heterocycles. The van der Waals surface area contributed by atoms with E-state index in [0.29, 0.717) is 25.0 Å². The first-order chi connectivity index (χ1) is 13.6. The predicted octanol–water partition coefficient (Wildman–Crippen LogP) is 4.33. The Morgan fingerprint density at radius 3 is 2.46 bits per heavy atom. The van der Waals surface area contributed by atoms with Crippen LogP contribution in [0.5, 0.6) is 5.75 Å². The molecule has 0 aliphatic carbocycles. The molecule has 5 nitrogen and oxygen atoms in total. The van der Waals surface area contributed by atoms with Crippen molar-refractivity contribution in [2.24, 2.45) is 0 Å². The summed E-state index contributed by atoms with van der Waals surface area (Å²) >= 11 is 3.51. The van der Waals surface area contributed by atoms with E-state index in [0.717, 1.165) is 29.0 Å². The molecule has 0 unspecified atom stereocenters. The maximum atomic E-state index is 12.9. The van der Waals surface area contributed by atoms with Crippen LogP contribution in [-0.2, 0) is 0 Å². The third-order valence-electron chi connectivity index (χ3n) is 5.53. The molecule has 2 aromatic carbocycles. The second-order valence-electron chi connectivity index (χ2n) is 7.21. The van der Waals surface area contributed by atoms with Gasteiger partial charge in [0, 0.05) is 48.3 Å². The Balaban J connectivity index is 1.46. The zero-order valence-corrected chi connectivity index (χ0v) is 17.4. The van der Waals surface area contributed by atoms with Gasteiger partial charge in [-0.2, -0.15) is 0 Å². The predicted molar refractivity (Wildman–Crippen MR) is 115 cm³/mol. The fourth-order valence-electron chi connectivity index (χ4n) is 3.87. The van der Waals surface area contributed by atoms with E-state index >= 15 is 0 Å². The number of urea groups is 1. The minimum absolute atomic E-state index is 0.0712. The largest absolute Gasteiger partial charge is 0.497 e. The maximum Gasteiger partial charge on any atom is 0.322 e. The van der Waals surface area contributed by atoms with E-state index in [1.165, 1.54) is 5.56 Å². The van der Waals surface area contributed by atoms with Crippen molar-refractivity contribution in [3.63, 3.8) is 0 Å². The summed E-state index contributed by atoms with van der Waals surface area (Å²) in [5.41, 5.74) is 2.11. The summed E-state index contributed by atoms with van der Waals surface area (Å²) in [6.07, 6.45) is 4.24. The van der Waals surface area contributed by atoms with Gasteiger partial charge in [0.05, 0.1) is 7.11 Å². The number of carbonyl (C=O) groups is 1. The molecule has 0 aromatic heterocycles. The molecule has 28 heavy (non-hydrogen) atoms. The number of hydrogen-bond acceptors (Lipinski definition) is 3. The number of rotatable bonds is 3. The molecule has 2 amide bonds. The lowest BCUT2D eigenvalue weighted by Crippen LogP contribution is -2.60. The number of ether oxygens (including phenoxy) is 1. The van der Waals surface area contributed by atoms with Gasteiger partial charge in [-0.25, -0.2) is 4.79 Å². The molecule has 6 heteroatoms. The second-order valence-corrected chi connectivity index (χ2v) is 8.13. The highest BCUT2D eigenvalue weighted by molar-refractivity contribution is 9.10. The van der Waals surface area contributed by atoms with E-state index in [4.69, 9.17) is 4.74 Å². The van der Waals surface area contributed by atoms with Gasteiger partial charge in [-0.1, -0.05) is 40.2 Å². The molecule has 2 aliphatic rings. The molecule has 1 N–H and O–H groups in total. The van der Waals surface area contributed by atoms with E-state index in [9.17, 15) is 4.79 Å². The molecule has 4 rings (SSSR count). The standard InChI is InChI=1S/C22H24BrN3O2/c1-28-19-10-8-18(9-11-19)24-22(27)26-13-3-2-12-25-14-20(21(25)15-26)16-4-6-17(23)7-5-16/h2-11,20-21H,12-15H2,1H3,(H,24,27)/b3-2-/t20-,21+/m1/s1. The van der Waals surface area contributed by atoms with Crippen LogP contribution in [0.4, 0.5) is 10.5 Å². The summed E-state index contributed by atoms with van der Waals surface area (Å²) in [7, 11) is 1.63. The van der Waals surface area contributed by atoms with Gasteiger partial charge in [0.25, 0.3) is 0 Å². The molecule has 0 saturated carbocycles. The van der Waals surface area contributed by atoms with Crippen LogP contribution in [0.3, 0.4) is 0 Å². The highest BCUT2D eigenvalue weighted by atomic mass is 79.9. The lowest BCUT2D eigenvalue weighted by atomic mass is 9.82. The van der Waals surface area contributed by atoms with Gasteiger partial charge in [0.2, 0.25) is 0 Å². The molecule has 2 heterocycles. The second kappa shape index (κ2) is 8.37. The van der Waals surface area contributed by atoms with Crippen molar-refractivity contribution in [3.05, 3.63) is 70.7 Å². The summed E-state index contributed by atoms with van der Waals surface area (Å²) in [5.74, 6) is 1.23. The minimum Gasteiger partial charge on any atom is -0.497 e. The average Bonchev–Trinajstić information content (AvgIpc) is 2.69. The van der Waals surface area contributed by atoms with E-state index < -0.39 is 0 Å². The molecule has 1 fully saturated rings. The minimum atomic E-state index is -0.0712. The molecule has 146 valence electrons. The average molecular weight is 442 g/mol. The summed E-state index contributed by atoms with van der Waals surface area (Å²) in [6.45, 7) is 3.32. The van der Waals surface area contributed by atoms with E-state index in [-0.39, 0.29) is 6.03 Å². The first-order valence-electron chi connectivity index (χ1n) is 9.48. The number of fused-ring (bicyclic) bond motifs is 1. The molecule has 2 aliphatic heterocycles. The Kier molecular flexibility index (Phi) is 5.69. The number of nitrogens with zero attached hydrogens (tertiary/aromatic N) is 2. The lowest BCUT2D eigenvalue weighted by Gasteiger charge is -2.50. The smallest absolute Gasteiger partial charge is 0.322 e. The monoisotopic (exact) mass is 441 g/mol. The van der Waals surface area contributed by atoms with Crippen molar-refractivity contribution >= 4 is 27.6 Å². The zero-order chi connectivity index (χ0) is 19.5. The van der Waals surface area contributed by atoms with Gasteiger partial charge in [0.15, 0.2) is 0 Å². The van der Waals surface area contributed by atoms with Crippen LogP contribution >= 0.6 is 15.9 Å². The molecule has 0 bridgehead atoms. The molecule has 0 radical (unpaired) electrons. The molecule has 2 aromatic rings. The van der Waals surface area contributed by atoms with Crippen molar-refractivity contribution in [1.82, 2.24) is 9.80 Å². The van der Waals surface area contributed by atoms with Gasteiger partial charge in [-0.05, 0) is 42.0 Å². The van der Waals surface area contributed by atoms with Crippen molar-refractivity contribution in [1.29, 1.82) is 0 Å². The van der Waals surface area contributed by atoms with E-state index in [1.54, 1.807) is 7.11 Å². The van der Waals surface area contributed by atoms with Crippen LogP contribution < -0.4 is 10.1 Å². The highest BCUT2D eigenvalue weighted by Crippen LogP contribution is 2.35. The first kappa shape index (κ1) is 19.0. The van der Waals surface area contributed by atoms with Crippen molar-refractivity contribution in [2.45, 2.75) is 12.0 Å². The van der Waals surface area contributed by atoms with E-state index in [2.05, 4.69) is 62.6 Å². The molecular weight excluding hydrogens is 418 g/mol. The van der Waals surface area contributed by atoms with Crippen LogP contribution in [0, 0.1) is 0 Å². The van der Waals surface area contributed by atoms with Gasteiger partial charge in [-0.15, -0.1) is 0 Å². The number of anilines is 1. The number of nitrogens with one attached hydrogen (secondary N) is 1. The quantitative estimate of drug-likeness (QED) is 0.720. The zero-order valence-electron chi connectivity index (χ0n) is 15.8. The van der Waals surface area contributed by atoms with Crippen LogP contribution in [0.15, 0.2) is 65.2 Å². The maximum absolute atomic E-state index is 12.9. The number of benzene rings is 2. The summed E-state index contributed by atoms with van der Waals surface area (Å²) in [4.78, 5) is 17.2. The van der Waals surface area contributed by atoms with Crippen LogP contribution in [0.25, 0.3) is 0 Å². The van der Waals surface area contributed by atoms with Crippen LogP contribution in [0.2, 0.25) is 0 Å². The fourth-order valence-corrected chi connectivity index (χ4v) is 4.14. The number of carbonyl (C=O) groups excluding carboxylic acids is 1. The normalized spacial score (nSPS) is 23.0. The Bertz CT molecular complexity index is 851. The number of hydrogen-bond donors (Lipinski definition) is 1. The molecule has 2 atom stereocenters. The molecular formula is C22H24BrN3O2. The number of amides is 2. The van der Waals surface area contributed by atoms with Crippen LogP contribution in [-0.4, -0.2) is 55.2 Å². The summed E-state index contributed by atoms with van der Waals surface area (Å²) in [6, 6.07) is 16.2. The van der Waals surface area contributed by atoms with Crippen molar-refractivity contribution in [2.75, 3.05) is 38.6 Å². The van der Waals surface area contributed by atoms with Gasteiger partial charge in [-0.3, -0.25) is 4.90 Å². The van der Waals surface area contributed by atoms with Crippen LogP contribution in [0.1, 0.15) is 11.5 Å². The van der Waals surface area contributed by atoms with Crippen molar-refractivity contribution in [3.8, 4) is 5.75 Å². The fraction of sp³-hybridized carbons (Fsp3) is 0.318. The summed E-state index contributed by atoms with van der Waals surface area (Å²) < 4.78 is 6.27. The Morgan fingerprint density at radius 2 is 1.75 bits per heavy atom.